The second-order valence-corrected chi connectivity index (χ2v) is 7.04. The average Bonchev–Trinajstić information content (AvgIpc) is 2.31. The van der Waals surface area contributed by atoms with Crippen molar-refractivity contribution >= 4 is 11.8 Å². The fraction of sp³-hybridized carbons (Fsp3) is 0.667. The fourth-order valence-electron chi connectivity index (χ4n) is 3.02. The lowest BCUT2D eigenvalue weighted by molar-refractivity contribution is -0.122. The van der Waals surface area contributed by atoms with E-state index >= 15 is 0 Å². The molecule has 7 nitrogen and oxygen atoms in total. The van der Waals surface area contributed by atoms with Crippen molar-refractivity contribution in [1.82, 2.24) is 14.9 Å². The Balaban J connectivity index is 1.56. The topological polar surface area (TPSA) is 90.6 Å². The first-order valence-electron chi connectivity index (χ1n) is 7.52. The summed E-state index contributed by atoms with van der Waals surface area (Å²) in [5, 5.41) is 0. The molecule has 2 fully saturated rings. The Morgan fingerprint density at radius 1 is 1.45 bits per heavy atom. The Kier molecular flexibility index (Phi) is 3.38. The highest BCUT2D eigenvalue weighted by Crippen LogP contribution is 2.49. The van der Waals surface area contributed by atoms with Crippen molar-refractivity contribution in [3.05, 3.63) is 12.5 Å². The number of nitrogens with zero attached hydrogens (tertiary/aromatic N) is 3. The van der Waals surface area contributed by atoms with E-state index in [0.29, 0.717) is 11.6 Å². The molecule has 120 valence electrons. The van der Waals surface area contributed by atoms with Crippen molar-refractivity contribution < 1.29 is 14.3 Å². The number of carbonyl (C=O) groups is 1. The van der Waals surface area contributed by atoms with Crippen molar-refractivity contribution in [2.45, 2.75) is 57.3 Å². The molecule has 2 heterocycles. The summed E-state index contributed by atoms with van der Waals surface area (Å²) in [4.78, 5) is 21.9. The number of nitrogen functional groups attached to an aromatic ring is 1. The van der Waals surface area contributed by atoms with Crippen molar-refractivity contribution in [2.24, 2.45) is 0 Å². The maximum absolute atomic E-state index is 12.2. The van der Waals surface area contributed by atoms with E-state index in [9.17, 15) is 4.79 Å². The summed E-state index contributed by atoms with van der Waals surface area (Å²) in [7, 11) is 0. The van der Waals surface area contributed by atoms with E-state index in [4.69, 9.17) is 15.2 Å². The highest BCUT2D eigenvalue weighted by Gasteiger charge is 2.58. The quantitative estimate of drug-likeness (QED) is 0.898. The lowest BCUT2D eigenvalue weighted by Gasteiger charge is -2.60. The summed E-state index contributed by atoms with van der Waals surface area (Å²) in [6.45, 7) is 6.38. The molecule has 2 aliphatic rings. The summed E-state index contributed by atoms with van der Waals surface area (Å²) < 4.78 is 11.2. The minimum atomic E-state index is -0.469. The predicted octanol–water partition coefficient (Wildman–Crippen LogP) is 1.98. The Morgan fingerprint density at radius 3 is 2.73 bits per heavy atom. The minimum absolute atomic E-state index is 0.0300. The first-order valence-corrected chi connectivity index (χ1v) is 7.52. The third-order valence-electron chi connectivity index (χ3n) is 4.18. The number of anilines is 1. The average molecular weight is 306 g/mol. The third kappa shape index (κ3) is 2.67. The van der Waals surface area contributed by atoms with E-state index in [1.807, 2.05) is 25.7 Å². The molecule has 1 aromatic rings. The van der Waals surface area contributed by atoms with Crippen molar-refractivity contribution in [2.75, 3.05) is 12.3 Å². The molecular weight excluding hydrogens is 284 g/mol. The first-order chi connectivity index (χ1) is 10.3. The number of aromatic nitrogens is 2. The van der Waals surface area contributed by atoms with Crippen LogP contribution in [0.2, 0.25) is 0 Å². The second kappa shape index (κ2) is 5.00. The molecule has 1 aromatic heterocycles. The standard InChI is InChI=1S/C15H22N4O3/c1-14(2,3)22-13(20)19-5-4-15(19)6-10(7-15)21-12-11(16)8-17-9-18-12/h8-10H,4-7,16H2,1-3H3. The molecule has 1 aliphatic carbocycles. The number of amides is 1. The van der Waals surface area contributed by atoms with Crippen LogP contribution in [0.4, 0.5) is 10.5 Å². The van der Waals surface area contributed by atoms with Gasteiger partial charge in [-0.15, -0.1) is 0 Å². The predicted molar refractivity (Wildman–Crippen MR) is 80.4 cm³/mol. The van der Waals surface area contributed by atoms with Crippen LogP contribution in [0, 0.1) is 0 Å². The molecule has 7 heteroatoms. The van der Waals surface area contributed by atoms with Crippen LogP contribution in [-0.4, -0.2) is 44.7 Å². The van der Waals surface area contributed by atoms with Crippen molar-refractivity contribution in [3.63, 3.8) is 0 Å². The molecule has 1 amide bonds. The highest BCUT2D eigenvalue weighted by molar-refractivity contribution is 5.71. The van der Waals surface area contributed by atoms with E-state index in [0.717, 1.165) is 25.8 Å². The second-order valence-electron chi connectivity index (χ2n) is 7.04. The van der Waals surface area contributed by atoms with Gasteiger partial charge in [-0.3, -0.25) is 0 Å². The lowest BCUT2D eigenvalue weighted by atomic mass is 9.66. The molecule has 1 saturated heterocycles. The minimum Gasteiger partial charge on any atom is -0.473 e. The molecule has 0 bridgehead atoms. The van der Waals surface area contributed by atoms with Gasteiger partial charge < -0.3 is 20.1 Å². The monoisotopic (exact) mass is 306 g/mol. The SMILES string of the molecule is CC(C)(C)OC(=O)N1CCC12CC(Oc1ncncc1N)C2. The van der Waals surface area contributed by atoms with E-state index < -0.39 is 5.60 Å². The molecule has 0 radical (unpaired) electrons. The number of rotatable bonds is 2. The molecule has 0 unspecified atom stereocenters. The van der Waals surface area contributed by atoms with Gasteiger partial charge in [0.1, 0.15) is 23.7 Å². The number of carbonyl (C=O) groups excluding carboxylic acids is 1. The summed E-state index contributed by atoms with van der Waals surface area (Å²) >= 11 is 0. The smallest absolute Gasteiger partial charge is 0.410 e. The Labute approximate surface area is 129 Å². The molecule has 3 rings (SSSR count). The molecule has 2 N–H and O–H groups in total. The number of likely N-dealkylation sites (tertiary alicyclic amines) is 1. The Morgan fingerprint density at radius 2 is 2.18 bits per heavy atom. The molecule has 0 atom stereocenters. The van der Waals surface area contributed by atoms with Gasteiger partial charge in [0.05, 0.1) is 11.7 Å². The molecule has 1 spiro atoms. The van der Waals surface area contributed by atoms with Crippen LogP contribution in [0.15, 0.2) is 12.5 Å². The maximum atomic E-state index is 12.2. The number of hydrogen-bond acceptors (Lipinski definition) is 6. The summed E-state index contributed by atoms with van der Waals surface area (Å²) in [5.74, 6) is 0.415. The van der Waals surface area contributed by atoms with Gasteiger partial charge in [0, 0.05) is 19.4 Å². The van der Waals surface area contributed by atoms with Crippen LogP contribution in [0.1, 0.15) is 40.0 Å². The van der Waals surface area contributed by atoms with Gasteiger partial charge in [-0.25, -0.2) is 9.78 Å². The van der Waals surface area contributed by atoms with Gasteiger partial charge in [0.25, 0.3) is 0 Å². The molecule has 1 aliphatic heterocycles. The fourth-order valence-corrected chi connectivity index (χ4v) is 3.02. The van der Waals surface area contributed by atoms with E-state index in [1.165, 1.54) is 12.5 Å². The number of hydrogen-bond donors (Lipinski definition) is 1. The van der Waals surface area contributed by atoms with Gasteiger partial charge >= 0.3 is 6.09 Å². The largest absolute Gasteiger partial charge is 0.473 e. The number of ether oxygens (including phenoxy) is 2. The van der Waals surface area contributed by atoms with Crippen molar-refractivity contribution in [1.29, 1.82) is 0 Å². The van der Waals surface area contributed by atoms with Gasteiger partial charge in [-0.05, 0) is 27.2 Å². The van der Waals surface area contributed by atoms with Crippen LogP contribution in [0.3, 0.4) is 0 Å². The van der Waals surface area contributed by atoms with Gasteiger partial charge in [-0.1, -0.05) is 0 Å². The first kappa shape index (κ1) is 14.9. The van der Waals surface area contributed by atoms with E-state index in [-0.39, 0.29) is 17.7 Å². The summed E-state index contributed by atoms with van der Waals surface area (Å²) in [6, 6.07) is 0. The zero-order chi connectivity index (χ0) is 16.0. The van der Waals surface area contributed by atoms with Gasteiger partial charge in [0.15, 0.2) is 0 Å². The van der Waals surface area contributed by atoms with Crippen LogP contribution in [0.25, 0.3) is 0 Å². The zero-order valence-electron chi connectivity index (χ0n) is 13.2. The Bertz CT molecular complexity index is 578. The van der Waals surface area contributed by atoms with Crippen LogP contribution >= 0.6 is 0 Å². The molecule has 1 saturated carbocycles. The van der Waals surface area contributed by atoms with Crippen molar-refractivity contribution in [3.8, 4) is 5.88 Å². The highest BCUT2D eigenvalue weighted by atomic mass is 16.6. The zero-order valence-corrected chi connectivity index (χ0v) is 13.2. The van der Waals surface area contributed by atoms with Crippen LogP contribution in [0.5, 0.6) is 5.88 Å². The summed E-state index contributed by atoms with van der Waals surface area (Å²) in [6.07, 6.45) is 5.29. The number of nitrogens with two attached hydrogens (primary N) is 1. The normalized spacial score (nSPS) is 27.0. The third-order valence-corrected chi connectivity index (χ3v) is 4.18. The van der Waals surface area contributed by atoms with Crippen LogP contribution in [-0.2, 0) is 4.74 Å². The van der Waals surface area contributed by atoms with Gasteiger partial charge in [0.2, 0.25) is 5.88 Å². The maximum Gasteiger partial charge on any atom is 0.410 e. The Hall–Kier alpha value is -2.05. The lowest BCUT2D eigenvalue weighted by Crippen LogP contribution is -2.70. The van der Waals surface area contributed by atoms with E-state index in [2.05, 4.69) is 9.97 Å². The summed E-state index contributed by atoms with van der Waals surface area (Å²) in [5.41, 5.74) is 5.63. The molecule has 22 heavy (non-hydrogen) atoms. The van der Waals surface area contributed by atoms with Crippen LogP contribution < -0.4 is 10.5 Å². The molecule has 0 aromatic carbocycles. The molecular formula is C15H22N4O3. The van der Waals surface area contributed by atoms with E-state index in [1.54, 1.807) is 0 Å². The van der Waals surface area contributed by atoms with Gasteiger partial charge in [-0.2, -0.15) is 4.98 Å².